The van der Waals surface area contributed by atoms with Gasteiger partial charge in [0.1, 0.15) is 5.75 Å². The summed E-state index contributed by atoms with van der Waals surface area (Å²) in [6, 6.07) is 18.2. The molecule has 0 heterocycles. The summed E-state index contributed by atoms with van der Waals surface area (Å²) in [6.07, 6.45) is 4.67. The van der Waals surface area contributed by atoms with Gasteiger partial charge in [0.25, 0.3) is 0 Å². The van der Waals surface area contributed by atoms with E-state index in [9.17, 15) is 9.90 Å². The van der Waals surface area contributed by atoms with Crippen LogP contribution in [0.3, 0.4) is 0 Å². The van der Waals surface area contributed by atoms with Crippen LogP contribution in [0.4, 0.5) is 0 Å². The normalized spacial score (nSPS) is 12.7. The summed E-state index contributed by atoms with van der Waals surface area (Å²) in [4.78, 5) is 15.0. The van der Waals surface area contributed by atoms with E-state index in [1.807, 2.05) is 55.5 Å². The molecular weight excluding hydrogens is 378 g/mol. The van der Waals surface area contributed by atoms with Crippen molar-refractivity contribution in [2.45, 2.75) is 38.5 Å². The van der Waals surface area contributed by atoms with Crippen LogP contribution in [0.2, 0.25) is 18.6 Å². The minimum absolute atomic E-state index is 0.0356. The molecule has 1 N–H and O–H groups in total. The van der Waals surface area contributed by atoms with E-state index in [-0.39, 0.29) is 18.1 Å². The van der Waals surface area contributed by atoms with Crippen molar-refractivity contribution >= 4 is 19.2 Å². The zero-order chi connectivity index (χ0) is 21.3. The van der Waals surface area contributed by atoms with Crippen molar-refractivity contribution in [3.63, 3.8) is 0 Å². The Morgan fingerprint density at radius 1 is 1.14 bits per heavy atom. The Bertz CT molecular complexity index is 788. The summed E-state index contributed by atoms with van der Waals surface area (Å²) in [7, 11) is -0.274. The first-order chi connectivity index (χ1) is 13.9. The second kappa shape index (κ2) is 11.0. The molecular formula is C24H33NO3Si. The molecule has 2 rings (SSSR count). The fourth-order valence-electron chi connectivity index (χ4n) is 3.56. The van der Waals surface area contributed by atoms with Crippen molar-refractivity contribution in [3.8, 4) is 5.75 Å². The maximum Gasteiger partial charge on any atom is 0.223 e. The minimum Gasteiger partial charge on any atom is -0.497 e. The molecule has 1 amide bonds. The van der Waals surface area contributed by atoms with E-state index in [4.69, 9.17) is 4.74 Å². The molecule has 29 heavy (non-hydrogen) atoms. The van der Waals surface area contributed by atoms with Crippen LogP contribution in [0.25, 0.3) is 0 Å². The molecule has 4 nitrogen and oxygen atoms in total. The highest BCUT2D eigenvalue weighted by Crippen LogP contribution is 2.29. The van der Waals surface area contributed by atoms with Gasteiger partial charge < -0.3 is 14.7 Å². The summed E-state index contributed by atoms with van der Waals surface area (Å²) >= 11 is 0. The third-order valence-electron chi connectivity index (χ3n) is 5.52. The number of allylic oxidation sites excluding steroid dienone is 2. The standard InChI is InChI=1S/C24H33NO3Si/c1-5-9-23(29(3,4)22-14-12-21(28-2)13-15-22)18-24(27)25(16-17-26)19-20-10-7-6-8-11-20/h5-15,23,26H,16-19H2,1-4H3/b9-5+/t23-/m1/s1. The maximum atomic E-state index is 13.2. The van der Waals surface area contributed by atoms with E-state index in [0.29, 0.717) is 19.5 Å². The number of ether oxygens (including phenoxy) is 1. The number of hydrogen-bond donors (Lipinski definition) is 1. The van der Waals surface area contributed by atoms with Crippen molar-refractivity contribution in [2.75, 3.05) is 20.3 Å². The van der Waals surface area contributed by atoms with Gasteiger partial charge in [0.15, 0.2) is 0 Å². The van der Waals surface area contributed by atoms with Crippen molar-refractivity contribution in [2.24, 2.45) is 0 Å². The first-order valence-corrected chi connectivity index (χ1v) is 13.2. The largest absolute Gasteiger partial charge is 0.497 e. The fourth-order valence-corrected chi connectivity index (χ4v) is 6.38. The molecule has 0 bridgehead atoms. The highest BCUT2D eigenvalue weighted by atomic mass is 28.3. The number of benzene rings is 2. The number of aliphatic hydroxyl groups excluding tert-OH is 1. The van der Waals surface area contributed by atoms with Gasteiger partial charge in [-0.2, -0.15) is 0 Å². The number of nitrogens with zero attached hydrogens (tertiary/aromatic N) is 1. The molecule has 0 fully saturated rings. The lowest BCUT2D eigenvalue weighted by molar-refractivity contribution is -0.132. The summed E-state index contributed by atoms with van der Waals surface area (Å²) in [5, 5.41) is 10.8. The quantitative estimate of drug-likeness (QED) is 0.475. The molecule has 1 atom stereocenters. The van der Waals surface area contributed by atoms with Crippen molar-refractivity contribution in [3.05, 3.63) is 72.3 Å². The predicted molar refractivity (Wildman–Crippen MR) is 122 cm³/mol. The first kappa shape index (κ1) is 22.9. The predicted octanol–water partition coefficient (Wildman–Crippen LogP) is 3.97. The summed E-state index contributed by atoms with van der Waals surface area (Å²) in [5.41, 5.74) is 1.24. The average molecular weight is 412 g/mol. The topological polar surface area (TPSA) is 49.8 Å². The Kier molecular flexibility index (Phi) is 8.67. The Labute approximate surface area is 175 Å². The second-order valence-electron chi connectivity index (χ2n) is 7.81. The molecule has 2 aromatic rings. The van der Waals surface area contributed by atoms with Gasteiger partial charge in [-0.05, 0) is 30.2 Å². The third kappa shape index (κ3) is 6.31. The highest BCUT2D eigenvalue weighted by Gasteiger charge is 2.34. The van der Waals surface area contributed by atoms with Gasteiger partial charge in [0.05, 0.1) is 21.8 Å². The number of methoxy groups -OCH3 is 1. The van der Waals surface area contributed by atoms with Gasteiger partial charge in [-0.1, -0.05) is 72.9 Å². The summed E-state index contributed by atoms with van der Waals surface area (Å²) < 4.78 is 5.29. The Morgan fingerprint density at radius 3 is 2.34 bits per heavy atom. The molecule has 2 aromatic carbocycles. The van der Waals surface area contributed by atoms with Crippen molar-refractivity contribution in [1.82, 2.24) is 4.90 Å². The number of carbonyl (C=O) groups excluding carboxylic acids is 1. The molecule has 0 radical (unpaired) electrons. The lowest BCUT2D eigenvalue weighted by Gasteiger charge is -2.33. The van der Waals surface area contributed by atoms with Crippen LogP contribution in [-0.4, -0.2) is 44.2 Å². The molecule has 0 aliphatic carbocycles. The summed E-state index contributed by atoms with van der Waals surface area (Å²) in [5.74, 6) is 0.925. The van der Waals surface area contributed by atoms with Crippen LogP contribution in [-0.2, 0) is 11.3 Å². The maximum absolute atomic E-state index is 13.2. The molecule has 0 saturated carbocycles. The van der Waals surface area contributed by atoms with E-state index >= 15 is 0 Å². The Morgan fingerprint density at radius 2 is 1.79 bits per heavy atom. The first-order valence-electron chi connectivity index (χ1n) is 10.1. The summed E-state index contributed by atoms with van der Waals surface area (Å²) in [6.45, 7) is 7.45. The van der Waals surface area contributed by atoms with Crippen LogP contribution in [0.1, 0.15) is 18.9 Å². The average Bonchev–Trinajstić information content (AvgIpc) is 2.73. The van der Waals surface area contributed by atoms with Crippen LogP contribution in [0.15, 0.2) is 66.7 Å². The fraction of sp³-hybridized carbons (Fsp3) is 0.375. The molecule has 0 aliphatic rings. The Balaban J connectivity index is 2.20. The van der Waals surface area contributed by atoms with Crippen molar-refractivity contribution in [1.29, 1.82) is 0 Å². The van der Waals surface area contributed by atoms with Gasteiger partial charge in [-0.25, -0.2) is 0 Å². The van der Waals surface area contributed by atoms with Crippen LogP contribution < -0.4 is 9.92 Å². The zero-order valence-corrected chi connectivity index (χ0v) is 19.0. The van der Waals surface area contributed by atoms with Gasteiger partial charge in [0.2, 0.25) is 5.91 Å². The number of carbonyl (C=O) groups is 1. The van der Waals surface area contributed by atoms with E-state index < -0.39 is 8.07 Å². The molecule has 0 aliphatic heterocycles. The second-order valence-corrected chi connectivity index (χ2v) is 12.6. The Hall–Kier alpha value is -2.37. The number of rotatable bonds is 10. The van der Waals surface area contributed by atoms with Crippen LogP contribution >= 0.6 is 0 Å². The monoisotopic (exact) mass is 411 g/mol. The smallest absolute Gasteiger partial charge is 0.223 e. The van der Waals surface area contributed by atoms with Crippen LogP contribution in [0.5, 0.6) is 5.75 Å². The lowest BCUT2D eigenvalue weighted by Crippen LogP contribution is -2.47. The number of amides is 1. The third-order valence-corrected chi connectivity index (χ3v) is 9.59. The zero-order valence-electron chi connectivity index (χ0n) is 18.0. The number of hydrogen-bond acceptors (Lipinski definition) is 3. The molecule has 0 saturated heterocycles. The minimum atomic E-state index is -1.94. The number of aliphatic hydroxyl groups is 1. The van der Waals surface area contributed by atoms with Gasteiger partial charge in [-0.15, -0.1) is 0 Å². The van der Waals surface area contributed by atoms with Crippen molar-refractivity contribution < 1.29 is 14.6 Å². The highest BCUT2D eigenvalue weighted by molar-refractivity contribution is 6.91. The molecule has 0 unspecified atom stereocenters. The molecule has 5 heteroatoms. The van der Waals surface area contributed by atoms with Gasteiger partial charge in [-0.3, -0.25) is 4.79 Å². The van der Waals surface area contributed by atoms with E-state index in [0.717, 1.165) is 11.3 Å². The van der Waals surface area contributed by atoms with Crippen LogP contribution in [0, 0.1) is 0 Å². The molecule has 0 spiro atoms. The van der Waals surface area contributed by atoms with E-state index in [1.165, 1.54) is 5.19 Å². The SMILES string of the molecule is C/C=C/[C@H](CC(=O)N(CCO)Cc1ccccc1)[Si](C)(C)c1ccc(OC)cc1. The van der Waals surface area contributed by atoms with Gasteiger partial charge >= 0.3 is 0 Å². The van der Waals surface area contributed by atoms with Gasteiger partial charge in [0, 0.05) is 19.5 Å². The van der Waals surface area contributed by atoms with E-state index in [2.05, 4.69) is 31.3 Å². The lowest BCUT2D eigenvalue weighted by atomic mass is 10.2. The van der Waals surface area contributed by atoms with E-state index in [1.54, 1.807) is 12.0 Å². The molecule has 156 valence electrons. The molecule has 0 aromatic heterocycles.